The maximum absolute atomic E-state index is 10.3. The molecule has 1 spiro atoms. The van der Waals surface area contributed by atoms with E-state index in [1.807, 2.05) is 12.1 Å². The number of hydrogen-bond donors (Lipinski definition) is 4. The lowest BCUT2D eigenvalue weighted by atomic mass is 9.47. The van der Waals surface area contributed by atoms with Gasteiger partial charge in [0, 0.05) is 18.2 Å². The Morgan fingerprint density at radius 2 is 1.65 bits per heavy atom. The Morgan fingerprint density at radius 1 is 0.957 bits per heavy atom. The number of nitrogens with zero attached hydrogens (tertiary/aromatic N) is 1. The highest BCUT2D eigenvalue weighted by molar-refractivity contribution is 6.33. The monoisotopic (exact) mass is 655 g/mol. The van der Waals surface area contributed by atoms with E-state index < -0.39 is 48.7 Å². The highest BCUT2D eigenvalue weighted by atomic mass is 35.5. The van der Waals surface area contributed by atoms with Gasteiger partial charge in [0.15, 0.2) is 11.8 Å². The Morgan fingerprint density at radius 3 is 2.24 bits per heavy atom. The van der Waals surface area contributed by atoms with Crippen molar-refractivity contribution >= 4 is 17.7 Å². The first-order valence-electron chi connectivity index (χ1n) is 15.7. The molecule has 4 aliphatic carbocycles. The number of aliphatic hydroxyl groups is 4. The average Bonchev–Trinajstić information content (AvgIpc) is 3.04. The van der Waals surface area contributed by atoms with Gasteiger partial charge in [-0.25, -0.2) is 9.73 Å². The van der Waals surface area contributed by atoms with Crippen LogP contribution in [0.4, 0.5) is 0 Å². The second kappa shape index (κ2) is 12.4. The SMILES string of the molecule is [C-]#[N+]/C=C/c1ccc(C2(OC)OOC23C2CC4CC(C2)CC3C4)c(Cl)c1OCc1ccc(O[C@@H]2OC(CO)[C@H](O)[C@H](O)C2O)cc1. The fourth-order valence-electron chi connectivity index (χ4n) is 8.67. The molecule has 8 rings (SSSR count). The third kappa shape index (κ3) is 4.94. The van der Waals surface area contributed by atoms with Crippen LogP contribution in [0.15, 0.2) is 42.6 Å². The quantitative estimate of drug-likeness (QED) is 0.232. The zero-order valence-electron chi connectivity index (χ0n) is 25.3. The Kier molecular flexibility index (Phi) is 8.55. The van der Waals surface area contributed by atoms with E-state index in [-0.39, 0.29) is 6.61 Å². The van der Waals surface area contributed by atoms with E-state index >= 15 is 0 Å². The van der Waals surface area contributed by atoms with Crippen LogP contribution in [0.1, 0.15) is 48.8 Å². The van der Waals surface area contributed by atoms with Gasteiger partial charge in [0.1, 0.15) is 42.5 Å². The van der Waals surface area contributed by atoms with E-state index in [2.05, 4.69) is 4.85 Å². The van der Waals surface area contributed by atoms with Crippen LogP contribution in [0.25, 0.3) is 10.9 Å². The fourth-order valence-corrected chi connectivity index (χ4v) is 9.02. The van der Waals surface area contributed by atoms with Crippen LogP contribution in [0.5, 0.6) is 11.5 Å². The summed E-state index contributed by atoms with van der Waals surface area (Å²) in [6.45, 7) is 6.82. The summed E-state index contributed by atoms with van der Waals surface area (Å²) < 4.78 is 23.7. The predicted octanol–water partition coefficient (Wildman–Crippen LogP) is 3.94. The third-order valence-electron chi connectivity index (χ3n) is 10.7. The smallest absolute Gasteiger partial charge is 0.262 e. The van der Waals surface area contributed by atoms with Crippen LogP contribution in [0, 0.1) is 30.2 Å². The summed E-state index contributed by atoms with van der Waals surface area (Å²) in [4.78, 5) is 15.4. The van der Waals surface area contributed by atoms with Gasteiger partial charge >= 0.3 is 0 Å². The molecule has 6 fully saturated rings. The average molecular weight is 656 g/mol. The van der Waals surface area contributed by atoms with E-state index in [9.17, 15) is 20.4 Å². The Balaban J connectivity index is 1.12. The molecular weight excluding hydrogens is 618 g/mol. The van der Waals surface area contributed by atoms with E-state index in [0.29, 0.717) is 39.5 Å². The summed E-state index contributed by atoms with van der Waals surface area (Å²) in [5, 5.41) is 40.1. The fraction of sp³-hybridized carbons (Fsp3) is 0.559. The van der Waals surface area contributed by atoms with Crippen LogP contribution < -0.4 is 9.47 Å². The summed E-state index contributed by atoms with van der Waals surface area (Å²) in [5.41, 5.74) is 1.40. The Bertz CT molecular complexity index is 1480. The summed E-state index contributed by atoms with van der Waals surface area (Å²) >= 11 is 7.16. The number of rotatable bonds is 9. The lowest BCUT2D eigenvalue weighted by molar-refractivity contribution is -0.645. The molecule has 2 saturated heterocycles. The molecule has 6 aliphatic rings. The van der Waals surface area contributed by atoms with Crippen molar-refractivity contribution in [3.05, 3.63) is 75.7 Å². The third-order valence-corrected chi connectivity index (χ3v) is 11.0. The van der Waals surface area contributed by atoms with E-state index in [4.69, 9.17) is 46.9 Å². The summed E-state index contributed by atoms with van der Waals surface area (Å²) in [6, 6.07) is 10.5. The highest BCUT2D eigenvalue weighted by Gasteiger charge is 2.77. The highest BCUT2D eigenvalue weighted by Crippen LogP contribution is 2.70. The number of hydrogen-bond acceptors (Lipinski definition) is 10. The number of aliphatic hydroxyl groups excluding tert-OH is 4. The van der Waals surface area contributed by atoms with E-state index in [1.165, 1.54) is 12.6 Å². The van der Waals surface area contributed by atoms with Crippen molar-refractivity contribution in [3.8, 4) is 11.5 Å². The molecule has 0 radical (unpaired) electrons. The van der Waals surface area contributed by atoms with Crippen LogP contribution in [-0.2, 0) is 31.6 Å². The molecule has 4 N–H and O–H groups in total. The first-order valence-corrected chi connectivity index (χ1v) is 16.1. The molecule has 3 unspecified atom stereocenters. The number of benzene rings is 2. The first kappa shape index (κ1) is 31.8. The minimum atomic E-state index is -1.54. The van der Waals surface area contributed by atoms with Crippen molar-refractivity contribution in [3.63, 3.8) is 0 Å². The molecule has 11 nitrogen and oxygen atoms in total. The first-order chi connectivity index (χ1) is 22.2. The van der Waals surface area contributed by atoms with Crippen molar-refractivity contribution in [1.82, 2.24) is 0 Å². The van der Waals surface area contributed by atoms with Gasteiger partial charge in [-0.3, -0.25) is 0 Å². The zero-order chi connectivity index (χ0) is 32.2. The van der Waals surface area contributed by atoms with Crippen molar-refractivity contribution in [2.45, 2.75) is 80.8 Å². The zero-order valence-corrected chi connectivity index (χ0v) is 26.1. The maximum Gasteiger partial charge on any atom is 0.262 e. The Hall–Kier alpha value is -2.76. The normalized spacial score (nSPS) is 39.4. The molecule has 6 atom stereocenters. The van der Waals surface area contributed by atoms with Gasteiger partial charge in [-0.2, -0.15) is 4.89 Å². The van der Waals surface area contributed by atoms with Crippen molar-refractivity contribution < 1.29 is 49.1 Å². The molecule has 246 valence electrons. The van der Waals surface area contributed by atoms with Crippen LogP contribution >= 0.6 is 11.6 Å². The molecule has 4 bridgehead atoms. The lowest BCUT2D eigenvalue weighted by Gasteiger charge is -2.68. The van der Waals surface area contributed by atoms with Crippen molar-refractivity contribution in [2.24, 2.45) is 23.7 Å². The van der Waals surface area contributed by atoms with Gasteiger partial charge in [0.2, 0.25) is 6.29 Å². The molecule has 2 aliphatic heterocycles. The largest absolute Gasteiger partial charge is 0.487 e. The molecule has 2 aromatic carbocycles. The minimum Gasteiger partial charge on any atom is -0.487 e. The topological polar surface area (TPSA) is 141 Å². The van der Waals surface area contributed by atoms with Gasteiger partial charge in [0.25, 0.3) is 5.79 Å². The second-order valence-corrected chi connectivity index (χ2v) is 13.5. The predicted molar refractivity (Wildman–Crippen MR) is 163 cm³/mol. The second-order valence-electron chi connectivity index (χ2n) is 13.1. The van der Waals surface area contributed by atoms with Crippen molar-refractivity contribution in [2.75, 3.05) is 13.7 Å². The number of methoxy groups -OCH3 is 1. The molecule has 2 aromatic rings. The van der Waals surface area contributed by atoms with Crippen molar-refractivity contribution in [1.29, 1.82) is 0 Å². The van der Waals surface area contributed by atoms with E-state index in [0.717, 1.165) is 43.1 Å². The van der Waals surface area contributed by atoms with Gasteiger partial charge in [-0.1, -0.05) is 41.9 Å². The molecular formula is C34H38ClNO10. The molecule has 4 saturated carbocycles. The lowest BCUT2D eigenvalue weighted by Crippen LogP contribution is -2.76. The van der Waals surface area contributed by atoms with Gasteiger partial charge in [-0.15, -0.1) is 0 Å². The van der Waals surface area contributed by atoms with Crippen LogP contribution in [-0.4, -0.2) is 70.4 Å². The standard InChI is InChI=1S/C34H38ClNO10/c1-36-10-9-21-5-8-25(34(41-2)33(45-46-34)22-12-19-11-20(14-22)15-23(33)13-19)27(35)31(21)42-17-18-3-6-24(7-4-18)43-32-30(40)29(39)28(38)26(16-37)44-32/h3-10,19-20,22-23,26,28-30,32,37-40H,11-17H2,2H3/b10-9+/t19?,20?,22?,23?,26?,28-,29-,30?,32+,33?,34?/m0/s1. The summed E-state index contributed by atoms with van der Waals surface area (Å²) in [5.74, 6) is 1.58. The number of ether oxygens (including phenoxy) is 4. The Labute approximate surface area is 271 Å². The molecule has 0 aromatic heterocycles. The maximum atomic E-state index is 10.3. The molecule has 12 heteroatoms. The van der Waals surface area contributed by atoms with Crippen LogP contribution in [0.2, 0.25) is 5.02 Å². The summed E-state index contributed by atoms with van der Waals surface area (Å²) in [7, 11) is 1.63. The summed E-state index contributed by atoms with van der Waals surface area (Å²) in [6.07, 6.45) is 1.74. The van der Waals surface area contributed by atoms with Crippen LogP contribution in [0.3, 0.4) is 0 Å². The molecule has 0 amide bonds. The molecule has 46 heavy (non-hydrogen) atoms. The van der Waals surface area contributed by atoms with Gasteiger partial charge < -0.3 is 39.4 Å². The minimum absolute atomic E-state index is 0.124. The van der Waals surface area contributed by atoms with Gasteiger partial charge in [0.05, 0.1) is 18.2 Å². The van der Waals surface area contributed by atoms with Gasteiger partial charge in [-0.05, 0) is 73.5 Å². The molecule has 2 heterocycles. The van der Waals surface area contributed by atoms with E-state index in [1.54, 1.807) is 37.5 Å². The number of halogens is 1.